The van der Waals surface area contributed by atoms with Crippen molar-refractivity contribution in [2.45, 2.75) is 56.7 Å². The lowest BCUT2D eigenvalue weighted by Gasteiger charge is -2.33. The second-order valence-electron chi connectivity index (χ2n) is 7.85. The molecule has 30 heavy (non-hydrogen) atoms. The molecule has 9 heteroatoms. The topological polar surface area (TPSA) is 146 Å². The number of hydrogen-bond donors (Lipinski definition) is 4. The van der Waals surface area contributed by atoms with E-state index in [0.717, 1.165) is 44.2 Å². The Hall–Kier alpha value is -3.27. The average molecular weight is 404 g/mol. The average Bonchev–Trinajstić information content (AvgIpc) is 3.27. The minimum Gasteiger partial charge on any atom is -0.380 e. The summed E-state index contributed by atoms with van der Waals surface area (Å²) < 4.78 is 0. The van der Waals surface area contributed by atoms with Gasteiger partial charge >= 0.3 is 0 Å². The van der Waals surface area contributed by atoms with Crippen molar-refractivity contribution in [1.29, 1.82) is 5.26 Å². The smallest absolute Gasteiger partial charge is 0.159 e. The second kappa shape index (κ2) is 9.04. The molecule has 154 valence electrons. The van der Waals surface area contributed by atoms with E-state index in [9.17, 15) is 5.11 Å². The maximum Gasteiger partial charge on any atom is 0.159 e. The molecule has 0 aliphatic heterocycles. The Kier molecular flexibility index (Phi) is 6.03. The first-order valence-electron chi connectivity index (χ1n) is 10.2. The molecule has 9 nitrogen and oxygen atoms in total. The number of nitrogens with two attached hydrogens (primary N) is 1. The van der Waals surface area contributed by atoms with Crippen LogP contribution >= 0.6 is 0 Å². The molecule has 0 spiro atoms. The van der Waals surface area contributed by atoms with Gasteiger partial charge in [0.25, 0.3) is 0 Å². The largest absolute Gasteiger partial charge is 0.380 e. The summed E-state index contributed by atoms with van der Waals surface area (Å²) in [6.45, 7) is 0. The van der Waals surface area contributed by atoms with E-state index < -0.39 is 6.10 Å². The normalized spacial score (nSPS) is 21.6. The van der Waals surface area contributed by atoms with Gasteiger partial charge in [-0.25, -0.2) is 9.97 Å². The Morgan fingerprint density at radius 2 is 1.93 bits per heavy atom. The zero-order valence-corrected chi connectivity index (χ0v) is 16.5. The number of hydrogen-bond acceptors (Lipinski definition) is 9. The number of nitrogens with zero attached hydrogens (tertiary/aromatic N) is 5. The second-order valence-corrected chi connectivity index (χ2v) is 7.85. The molecular weight excluding hydrogens is 380 g/mol. The molecular formula is C21H24N8O. The van der Waals surface area contributed by atoms with Crippen molar-refractivity contribution in [3.05, 3.63) is 29.8 Å². The summed E-state index contributed by atoms with van der Waals surface area (Å²) in [5.41, 5.74) is 7.37. The van der Waals surface area contributed by atoms with E-state index in [-0.39, 0.29) is 23.7 Å². The summed E-state index contributed by atoms with van der Waals surface area (Å²) in [7, 11) is 0. The van der Waals surface area contributed by atoms with Crippen molar-refractivity contribution in [2.24, 2.45) is 11.7 Å². The third kappa shape index (κ3) is 4.82. The van der Waals surface area contributed by atoms with Crippen LogP contribution in [0.15, 0.2) is 18.5 Å². The number of rotatable bonds is 5. The van der Waals surface area contributed by atoms with E-state index in [4.69, 9.17) is 11.0 Å². The van der Waals surface area contributed by atoms with Crippen molar-refractivity contribution in [3.63, 3.8) is 0 Å². The van der Waals surface area contributed by atoms with Crippen LogP contribution in [-0.4, -0.2) is 43.5 Å². The Balaban J connectivity index is 1.53. The fourth-order valence-corrected chi connectivity index (χ4v) is 3.77. The van der Waals surface area contributed by atoms with Crippen LogP contribution in [0, 0.1) is 29.1 Å². The molecule has 1 atom stereocenters. The van der Waals surface area contributed by atoms with Crippen molar-refractivity contribution < 1.29 is 5.11 Å². The fraction of sp³-hybridized carbons (Fsp3) is 0.476. The predicted molar refractivity (Wildman–Crippen MR) is 112 cm³/mol. The van der Waals surface area contributed by atoms with Crippen LogP contribution in [0.3, 0.4) is 0 Å². The van der Waals surface area contributed by atoms with E-state index in [1.807, 2.05) is 12.1 Å². The zero-order chi connectivity index (χ0) is 20.9. The van der Waals surface area contributed by atoms with Crippen molar-refractivity contribution in [2.75, 3.05) is 10.6 Å². The highest BCUT2D eigenvalue weighted by atomic mass is 16.3. The van der Waals surface area contributed by atoms with Gasteiger partial charge in [0.2, 0.25) is 0 Å². The summed E-state index contributed by atoms with van der Waals surface area (Å²) in [6, 6.07) is 4.21. The Morgan fingerprint density at radius 1 is 1.13 bits per heavy atom. The highest BCUT2D eigenvalue weighted by molar-refractivity contribution is 5.63. The lowest BCUT2D eigenvalue weighted by molar-refractivity contribution is 0.165. The van der Waals surface area contributed by atoms with Crippen molar-refractivity contribution in [1.82, 2.24) is 20.2 Å². The van der Waals surface area contributed by atoms with Crippen LogP contribution in [0.1, 0.15) is 49.9 Å². The molecule has 1 unspecified atom stereocenters. The van der Waals surface area contributed by atoms with Crippen LogP contribution in [0.4, 0.5) is 17.3 Å². The third-order valence-corrected chi connectivity index (χ3v) is 5.54. The first kappa shape index (κ1) is 20.0. The molecule has 2 aliphatic rings. The summed E-state index contributed by atoms with van der Waals surface area (Å²) in [5.74, 6) is 7.11. The van der Waals surface area contributed by atoms with Gasteiger partial charge in [0.15, 0.2) is 17.2 Å². The SMILES string of the molecule is N#Cc1cnc(Nc2cc(NC3CC(N)C3)c(C#CC(O)C3CCCC3)nn2)cn1. The van der Waals surface area contributed by atoms with Crippen LogP contribution < -0.4 is 16.4 Å². The lowest BCUT2D eigenvalue weighted by atomic mass is 9.87. The summed E-state index contributed by atoms with van der Waals surface area (Å²) in [6.07, 6.45) is 8.28. The number of nitriles is 1. The summed E-state index contributed by atoms with van der Waals surface area (Å²) >= 11 is 0. The number of anilines is 3. The van der Waals surface area contributed by atoms with Crippen LogP contribution in [-0.2, 0) is 0 Å². The van der Waals surface area contributed by atoms with Gasteiger partial charge in [-0.1, -0.05) is 18.8 Å². The molecule has 5 N–H and O–H groups in total. The first-order valence-corrected chi connectivity index (χ1v) is 10.2. The van der Waals surface area contributed by atoms with Gasteiger partial charge in [-0.15, -0.1) is 10.2 Å². The van der Waals surface area contributed by atoms with Gasteiger partial charge in [0.1, 0.15) is 18.0 Å². The predicted octanol–water partition coefficient (Wildman–Crippen LogP) is 1.69. The highest BCUT2D eigenvalue weighted by Gasteiger charge is 2.26. The minimum absolute atomic E-state index is 0.211. The van der Waals surface area contributed by atoms with Crippen LogP contribution in [0.25, 0.3) is 0 Å². The Morgan fingerprint density at radius 3 is 2.60 bits per heavy atom. The molecule has 0 aromatic carbocycles. The molecule has 4 rings (SSSR count). The van der Waals surface area contributed by atoms with Gasteiger partial charge < -0.3 is 21.5 Å². The molecule has 2 aromatic heterocycles. The van der Waals surface area contributed by atoms with E-state index >= 15 is 0 Å². The monoisotopic (exact) mass is 404 g/mol. The number of nitrogens with one attached hydrogen (secondary N) is 2. The van der Waals surface area contributed by atoms with Crippen LogP contribution in [0.2, 0.25) is 0 Å². The van der Waals surface area contributed by atoms with Gasteiger partial charge in [0.05, 0.1) is 18.1 Å². The Bertz CT molecular complexity index is 979. The van der Waals surface area contributed by atoms with E-state index in [0.29, 0.717) is 17.3 Å². The fourth-order valence-electron chi connectivity index (χ4n) is 3.77. The molecule has 0 amide bonds. The molecule has 2 fully saturated rings. The van der Waals surface area contributed by atoms with Gasteiger partial charge in [-0.3, -0.25) is 0 Å². The number of aromatic nitrogens is 4. The van der Waals surface area contributed by atoms with E-state index in [1.54, 1.807) is 0 Å². The summed E-state index contributed by atoms with van der Waals surface area (Å²) in [4.78, 5) is 8.12. The molecule has 2 heterocycles. The maximum atomic E-state index is 10.4. The molecule has 2 saturated carbocycles. The number of aliphatic hydroxyl groups excluding tert-OH is 1. The summed E-state index contributed by atoms with van der Waals surface area (Å²) in [5, 5.41) is 34.1. The molecule has 0 bridgehead atoms. The lowest BCUT2D eigenvalue weighted by Crippen LogP contribution is -2.44. The van der Waals surface area contributed by atoms with E-state index in [1.165, 1.54) is 12.4 Å². The van der Waals surface area contributed by atoms with Crippen molar-refractivity contribution in [3.8, 4) is 17.9 Å². The zero-order valence-electron chi connectivity index (χ0n) is 16.5. The van der Waals surface area contributed by atoms with Crippen LogP contribution in [0.5, 0.6) is 0 Å². The third-order valence-electron chi connectivity index (χ3n) is 5.54. The molecule has 0 radical (unpaired) electrons. The first-order chi connectivity index (χ1) is 14.6. The maximum absolute atomic E-state index is 10.4. The van der Waals surface area contributed by atoms with E-state index in [2.05, 4.69) is 42.6 Å². The quantitative estimate of drug-likeness (QED) is 0.547. The van der Waals surface area contributed by atoms with Gasteiger partial charge in [-0.2, -0.15) is 5.26 Å². The Labute approximate surface area is 175 Å². The van der Waals surface area contributed by atoms with Gasteiger partial charge in [-0.05, 0) is 37.5 Å². The minimum atomic E-state index is -0.647. The molecule has 0 saturated heterocycles. The number of aliphatic hydroxyl groups is 1. The molecule has 2 aliphatic carbocycles. The highest BCUT2D eigenvalue weighted by Crippen LogP contribution is 2.28. The molecule has 2 aromatic rings. The standard InChI is InChI=1S/C21H24N8O/c22-10-16-11-25-21(12-24-16)27-20-9-18(26-15-7-14(23)8-15)17(28-29-20)5-6-19(30)13-3-1-2-4-13/h9,11-15,19,30H,1-4,7-8,23H2,(H2,25,26,27,29). The van der Waals surface area contributed by atoms with Gasteiger partial charge in [0, 0.05) is 18.2 Å². The van der Waals surface area contributed by atoms with Crippen molar-refractivity contribution >= 4 is 17.3 Å².